The summed E-state index contributed by atoms with van der Waals surface area (Å²) in [5, 5.41) is 3.04. The summed E-state index contributed by atoms with van der Waals surface area (Å²) >= 11 is 0. The van der Waals surface area contributed by atoms with E-state index >= 15 is 0 Å². The average Bonchev–Trinajstić information content (AvgIpc) is 2.71. The maximum absolute atomic E-state index is 12.7. The first kappa shape index (κ1) is 14.0. The third kappa shape index (κ3) is 2.75. The van der Waals surface area contributed by atoms with Crippen molar-refractivity contribution in [2.24, 2.45) is 0 Å². The summed E-state index contributed by atoms with van der Waals surface area (Å²) in [6.45, 7) is 2.89. The lowest BCUT2D eigenvalue weighted by Crippen LogP contribution is -2.44. The zero-order chi connectivity index (χ0) is 14.0. The first-order valence-electron chi connectivity index (χ1n) is 7.44. The summed E-state index contributed by atoms with van der Waals surface area (Å²) in [5.74, 6) is 0. The maximum atomic E-state index is 12.7. The number of sulfonamides is 1. The fourth-order valence-electron chi connectivity index (χ4n) is 3.21. The van der Waals surface area contributed by atoms with Crippen LogP contribution in [0, 0.1) is 0 Å². The van der Waals surface area contributed by atoms with Crippen LogP contribution in [0.5, 0.6) is 0 Å². The van der Waals surface area contributed by atoms with Crippen LogP contribution in [0.1, 0.15) is 24.0 Å². The highest BCUT2D eigenvalue weighted by Gasteiger charge is 2.33. The highest BCUT2D eigenvalue weighted by Crippen LogP contribution is 2.22. The minimum Gasteiger partial charge on any atom is -0.317 e. The van der Waals surface area contributed by atoms with Gasteiger partial charge in [-0.1, -0.05) is 24.3 Å². The fraction of sp³-hybridized carbons (Fsp3) is 0.600. The molecule has 1 aromatic carbocycles. The molecule has 1 aromatic rings. The number of nitrogens with zero attached hydrogens (tertiary/aromatic N) is 1. The first-order valence-corrected chi connectivity index (χ1v) is 8.95. The topological polar surface area (TPSA) is 49.4 Å². The predicted octanol–water partition coefficient (Wildman–Crippen LogP) is 1.17. The van der Waals surface area contributed by atoms with Gasteiger partial charge in [-0.15, -0.1) is 0 Å². The van der Waals surface area contributed by atoms with Crippen LogP contribution in [-0.2, 0) is 22.9 Å². The van der Waals surface area contributed by atoms with E-state index in [0.29, 0.717) is 13.1 Å². The Hall–Kier alpha value is -0.910. The molecule has 1 N–H and O–H groups in total. The second-order valence-corrected chi connectivity index (χ2v) is 7.88. The zero-order valence-corrected chi connectivity index (χ0v) is 12.5. The van der Waals surface area contributed by atoms with Crippen molar-refractivity contribution < 1.29 is 8.42 Å². The van der Waals surface area contributed by atoms with Crippen molar-refractivity contribution >= 4 is 10.0 Å². The van der Waals surface area contributed by atoms with E-state index in [2.05, 4.69) is 17.4 Å². The van der Waals surface area contributed by atoms with Crippen LogP contribution >= 0.6 is 0 Å². The molecule has 2 aliphatic heterocycles. The fourth-order valence-corrected chi connectivity index (χ4v) is 5.15. The molecule has 1 saturated heterocycles. The Balaban J connectivity index is 1.75. The molecule has 5 heteroatoms. The summed E-state index contributed by atoms with van der Waals surface area (Å²) in [7, 11) is -3.13. The summed E-state index contributed by atoms with van der Waals surface area (Å²) < 4.78 is 27.2. The number of piperidine rings is 1. The van der Waals surface area contributed by atoms with Gasteiger partial charge in [0.25, 0.3) is 0 Å². The summed E-state index contributed by atoms with van der Waals surface area (Å²) in [4.78, 5) is 0. The van der Waals surface area contributed by atoms with Crippen molar-refractivity contribution in [1.82, 2.24) is 9.62 Å². The van der Waals surface area contributed by atoms with Gasteiger partial charge < -0.3 is 5.32 Å². The Kier molecular flexibility index (Phi) is 4.10. The van der Waals surface area contributed by atoms with Gasteiger partial charge in [0.15, 0.2) is 0 Å². The van der Waals surface area contributed by atoms with Crippen LogP contribution in [-0.4, -0.2) is 44.2 Å². The Morgan fingerprint density at radius 2 is 1.55 bits per heavy atom. The number of nitrogens with one attached hydrogen (secondary N) is 1. The van der Waals surface area contributed by atoms with E-state index in [4.69, 9.17) is 0 Å². The van der Waals surface area contributed by atoms with Gasteiger partial charge in [-0.2, -0.15) is 0 Å². The number of rotatable bonds is 2. The molecule has 0 saturated carbocycles. The molecule has 0 amide bonds. The monoisotopic (exact) mass is 294 g/mol. The molecule has 0 atom stereocenters. The molecule has 110 valence electrons. The summed E-state index contributed by atoms with van der Waals surface area (Å²) in [6.07, 6.45) is 3.15. The van der Waals surface area contributed by atoms with Crippen molar-refractivity contribution in [3.8, 4) is 0 Å². The highest BCUT2D eigenvalue weighted by atomic mass is 32.2. The van der Waals surface area contributed by atoms with Crippen LogP contribution in [0.15, 0.2) is 24.3 Å². The van der Waals surface area contributed by atoms with E-state index in [1.54, 1.807) is 4.31 Å². The van der Waals surface area contributed by atoms with Crippen LogP contribution in [0.2, 0.25) is 0 Å². The van der Waals surface area contributed by atoms with Gasteiger partial charge in [-0.05, 0) is 49.9 Å². The van der Waals surface area contributed by atoms with Crippen LogP contribution in [0.3, 0.4) is 0 Å². The lowest BCUT2D eigenvalue weighted by atomic mass is 10.0. The smallest absolute Gasteiger partial charge is 0.217 e. The van der Waals surface area contributed by atoms with Crippen LogP contribution in [0.25, 0.3) is 0 Å². The highest BCUT2D eigenvalue weighted by molar-refractivity contribution is 7.89. The van der Waals surface area contributed by atoms with Crippen molar-refractivity contribution in [2.45, 2.75) is 30.9 Å². The van der Waals surface area contributed by atoms with Crippen molar-refractivity contribution in [2.75, 3.05) is 26.2 Å². The standard InChI is InChI=1S/C15H22N2O2S/c18-20(19,15-5-9-16-10-6-15)17-11-7-13-3-1-2-4-14(13)8-12-17/h1-4,15-16H,5-12H2. The van der Waals surface area contributed by atoms with Gasteiger partial charge in [0.2, 0.25) is 10.0 Å². The second kappa shape index (κ2) is 5.84. The molecule has 0 bridgehead atoms. The van der Waals surface area contributed by atoms with Gasteiger partial charge >= 0.3 is 0 Å². The van der Waals surface area contributed by atoms with Crippen molar-refractivity contribution in [1.29, 1.82) is 0 Å². The predicted molar refractivity (Wildman–Crippen MR) is 80.2 cm³/mol. The van der Waals surface area contributed by atoms with E-state index in [9.17, 15) is 8.42 Å². The normalized spacial score (nSPS) is 22.2. The third-order valence-electron chi connectivity index (χ3n) is 4.45. The number of hydrogen-bond acceptors (Lipinski definition) is 3. The molecule has 3 rings (SSSR count). The molecule has 0 aromatic heterocycles. The number of fused-ring (bicyclic) bond motifs is 1. The van der Waals surface area contributed by atoms with Gasteiger partial charge in [-0.25, -0.2) is 12.7 Å². The Morgan fingerprint density at radius 1 is 1.00 bits per heavy atom. The molecule has 0 aliphatic carbocycles. The second-order valence-electron chi connectivity index (χ2n) is 5.66. The van der Waals surface area contributed by atoms with Crippen LogP contribution < -0.4 is 5.32 Å². The molecule has 4 nitrogen and oxygen atoms in total. The summed E-state index contributed by atoms with van der Waals surface area (Å²) in [6, 6.07) is 8.32. The Morgan fingerprint density at radius 3 is 2.10 bits per heavy atom. The molecule has 0 radical (unpaired) electrons. The van der Waals surface area contributed by atoms with Gasteiger partial charge in [-0.3, -0.25) is 0 Å². The summed E-state index contributed by atoms with van der Waals surface area (Å²) in [5.41, 5.74) is 2.60. The van der Waals surface area contributed by atoms with Crippen molar-refractivity contribution in [3.63, 3.8) is 0 Å². The van der Waals surface area contributed by atoms with E-state index in [0.717, 1.165) is 38.8 Å². The molecule has 2 aliphatic rings. The zero-order valence-electron chi connectivity index (χ0n) is 11.7. The van der Waals surface area contributed by atoms with Gasteiger partial charge in [0.05, 0.1) is 5.25 Å². The SMILES string of the molecule is O=S(=O)(C1CCNCC1)N1CCc2ccccc2CC1. The van der Waals surface area contributed by atoms with Crippen LogP contribution in [0.4, 0.5) is 0 Å². The maximum Gasteiger partial charge on any atom is 0.217 e. The van der Waals surface area contributed by atoms with Gasteiger partial charge in [0, 0.05) is 13.1 Å². The first-order chi connectivity index (χ1) is 9.68. The number of hydrogen-bond donors (Lipinski definition) is 1. The Bertz CT molecular complexity index is 538. The van der Waals surface area contributed by atoms with E-state index in [1.807, 2.05) is 12.1 Å². The minimum atomic E-state index is -3.13. The molecule has 0 unspecified atom stereocenters. The largest absolute Gasteiger partial charge is 0.317 e. The lowest BCUT2D eigenvalue weighted by molar-refractivity contribution is 0.401. The minimum absolute atomic E-state index is 0.190. The van der Waals surface area contributed by atoms with Gasteiger partial charge in [0.1, 0.15) is 0 Å². The molecule has 1 fully saturated rings. The van der Waals surface area contributed by atoms with E-state index in [-0.39, 0.29) is 5.25 Å². The molecule has 0 spiro atoms. The third-order valence-corrected chi connectivity index (χ3v) is 6.85. The number of benzene rings is 1. The van der Waals surface area contributed by atoms with Crippen molar-refractivity contribution in [3.05, 3.63) is 35.4 Å². The molecule has 20 heavy (non-hydrogen) atoms. The lowest BCUT2D eigenvalue weighted by Gasteiger charge is -2.29. The van der Waals surface area contributed by atoms with E-state index in [1.165, 1.54) is 11.1 Å². The molecule has 2 heterocycles. The molecular weight excluding hydrogens is 272 g/mol. The van der Waals surface area contributed by atoms with E-state index < -0.39 is 10.0 Å². The average molecular weight is 294 g/mol. The quantitative estimate of drug-likeness (QED) is 0.891. The molecular formula is C15H22N2O2S. The Labute approximate surface area is 121 Å².